The molecule has 2 fully saturated rings. The molecule has 0 aromatic rings. The molecular weight excluding hydrogens is 314 g/mol. The van der Waals surface area contributed by atoms with Crippen LogP contribution in [0.25, 0.3) is 0 Å². The van der Waals surface area contributed by atoms with Crippen LogP contribution in [0.15, 0.2) is 4.99 Å². The normalized spacial score (nSPS) is 21.1. The Morgan fingerprint density at radius 1 is 1.00 bits per heavy atom. The van der Waals surface area contributed by atoms with Crippen molar-refractivity contribution in [3.63, 3.8) is 0 Å². The molecule has 2 heterocycles. The Morgan fingerprint density at radius 3 is 2.20 bits per heavy atom. The average molecular weight is 352 g/mol. The van der Waals surface area contributed by atoms with Gasteiger partial charge in [0.25, 0.3) is 0 Å². The maximum atomic E-state index is 12.6. The number of piperazine rings is 1. The molecule has 1 N–H and O–H groups in total. The van der Waals surface area contributed by atoms with Gasteiger partial charge in [0.15, 0.2) is 5.96 Å². The molecule has 2 aliphatic heterocycles. The second-order valence-corrected chi connectivity index (χ2v) is 7.65. The zero-order chi connectivity index (χ0) is 18.2. The first kappa shape index (κ1) is 20.0. The van der Waals surface area contributed by atoms with Crippen LogP contribution in [0.1, 0.15) is 47.0 Å². The Morgan fingerprint density at radius 2 is 1.64 bits per heavy atom. The van der Waals surface area contributed by atoms with E-state index in [1.54, 1.807) is 0 Å². The zero-order valence-corrected chi connectivity index (χ0v) is 16.6. The van der Waals surface area contributed by atoms with Crippen LogP contribution in [0, 0.1) is 5.92 Å². The molecular formula is C19H37N5O. The van der Waals surface area contributed by atoms with Crippen molar-refractivity contribution in [2.75, 3.05) is 52.4 Å². The van der Waals surface area contributed by atoms with Crippen molar-refractivity contribution in [2.24, 2.45) is 10.9 Å². The lowest BCUT2D eigenvalue weighted by atomic mass is 10.1. The van der Waals surface area contributed by atoms with Crippen LogP contribution < -0.4 is 5.32 Å². The summed E-state index contributed by atoms with van der Waals surface area (Å²) < 4.78 is 0. The third-order valence-corrected chi connectivity index (χ3v) is 5.24. The lowest BCUT2D eigenvalue weighted by molar-refractivity contribution is -0.135. The molecule has 2 saturated heterocycles. The number of carbonyl (C=O) groups excluding carboxylic acids is 1. The molecule has 6 heteroatoms. The first-order chi connectivity index (χ1) is 12.0. The smallest absolute Gasteiger partial charge is 0.239 e. The quantitative estimate of drug-likeness (QED) is 0.584. The zero-order valence-electron chi connectivity index (χ0n) is 16.6. The minimum Gasteiger partial charge on any atom is -0.357 e. The number of amides is 1. The number of carbonyl (C=O) groups is 1. The molecule has 0 saturated carbocycles. The van der Waals surface area contributed by atoms with E-state index in [1.807, 2.05) is 4.90 Å². The standard InChI is InChI=1S/C19H37N5O/c1-5-20-19(21-9-8-16(2)3)24-14-12-22(13-15-24)17(4)18(25)23-10-6-7-11-23/h16-17H,5-15H2,1-4H3,(H,20,21). The highest BCUT2D eigenvalue weighted by atomic mass is 16.2. The van der Waals surface area contributed by atoms with Crippen molar-refractivity contribution in [3.05, 3.63) is 0 Å². The molecule has 1 amide bonds. The van der Waals surface area contributed by atoms with E-state index in [2.05, 4.69) is 42.8 Å². The van der Waals surface area contributed by atoms with Gasteiger partial charge in [-0.25, -0.2) is 0 Å². The van der Waals surface area contributed by atoms with Gasteiger partial charge in [0.2, 0.25) is 5.91 Å². The second kappa shape index (κ2) is 10.00. The lowest BCUT2D eigenvalue weighted by Gasteiger charge is -2.39. The third kappa shape index (κ3) is 5.87. The van der Waals surface area contributed by atoms with Gasteiger partial charge in [0.05, 0.1) is 6.04 Å². The Balaban J connectivity index is 1.84. The summed E-state index contributed by atoms with van der Waals surface area (Å²) in [7, 11) is 0. The highest BCUT2D eigenvalue weighted by Gasteiger charge is 2.30. The van der Waals surface area contributed by atoms with Gasteiger partial charge in [-0.3, -0.25) is 14.7 Å². The summed E-state index contributed by atoms with van der Waals surface area (Å²) in [5.41, 5.74) is 0. The van der Waals surface area contributed by atoms with Gasteiger partial charge in [-0.1, -0.05) is 13.8 Å². The van der Waals surface area contributed by atoms with E-state index in [0.717, 1.165) is 77.6 Å². The summed E-state index contributed by atoms with van der Waals surface area (Å²) in [6.07, 6.45) is 3.44. The van der Waals surface area contributed by atoms with Crippen LogP contribution in [-0.4, -0.2) is 85.0 Å². The molecule has 25 heavy (non-hydrogen) atoms. The molecule has 0 radical (unpaired) electrons. The van der Waals surface area contributed by atoms with E-state index in [4.69, 9.17) is 4.99 Å². The van der Waals surface area contributed by atoms with E-state index >= 15 is 0 Å². The maximum absolute atomic E-state index is 12.6. The number of guanidine groups is 1. The molecule has 2 rings (SSSR count). The van der Waals surface area contributed by atoms with Gasteiger partial charge in [-0.05, 0) is 39.0 Å². The maximum Gasteiger partial charge on any atom is 0.239 e. The Hall–Kier alpha value is -1.30. The largest absolute Gasteiger partial charge is 0.357 e. The second-order valence-electron chi connectivity index (χ2n) is 7.65. The van der Waals surface area contributed by atoms with Crippen LogP contribution in [0.2, 0.25) is 0 Å². The monoisotopic (exact) mass is 351 g/mol. The molecule has 2 aliphatic rings. The molecule has 0 aromatic heterocycles. The van der Waals surface area contributed by atoms with Crippen LogP contribution in [0.4, 0.5) is 0 Å². The van der Waals surface area contributed by atoms with Gasteiger partial charge in [0.1, 0.15) is 0 Å². The molecule has 0 spiro atoms. The number of likely N-dealkylation sites (tertiary alicyclic amines) is 1. The molecule has 1 unspecified atom stereocenters. The predicted octanol–water partition coefficient (Wildman–Crippen LogP) is 1.63. The first-order valence-electron chi connectivity index (χ1n) is 10.1. The van der Waals surface area contributed by atoms with Crippen molar-refractivity contribution in [1.29, 1.82) is 0 Å². The summed E-state index contributed by atoms with van der Waals surface area (Å²) in [4.78, 5) is 24.1. The molecule has 144 valence electrons. The summed E-state index contributed by atoms with van der Waals surface area (Å²) in [5.74, 6) is 2.02. The number of nitrogens with one attached hydrogen (secondary N) is 1. The fourth-order valence-corrected chi connectivity index (χ4v) is 3.53. The summed E-state index contributed by atoms with van der Waals surface area (Å²) >= 11 is 0. The van der Waals surface area contributed by atoms with Crippen molar-refractivity contribution in [2.45, 2.75) is 53.0 Å². The van der Waals surface area contributed by atoms with E-state index in [-0.39, 0.29) is 6.04 Å². The first-order valence-corrected chi connectivity index (χ1v) is 10.1. The Labute approximate surface area is 153 Å². The predicted molar refractivity (Wildman–Crippen MR) is 104 cm³/mol. The van der Waals surface area contributed by atoms with Crippen LogP contribution in [-0.2, 0) is 4.79 Å². The fourth-order valence-electron chi connectivity index (χ4n) is 3.53. The molecule has 1 atom stereocenters. The number of aliphatic imine (C=N–C) groups is 1. The number of nitrogens with zero attached hydrogens (tertiary/aromatic N) is 4. The SMILES string of the molecule is CCNC(=NCCC(C)C)N1CCN(C(C)C(=O)N2CCCC2)CC1. The van der Waals surface area contributed by atoms with Crippen molar-refractivity contribution in [3.8, 4) is 0 Å². The van der Waals surface area contributed by atoms with Gasteiger partial charge >= 0.3 is 0 Å². The van der Waals surface area contributed by atoms with E-state index in [9.17, 15) is 4.79 Å². The molecule has 0 aliphatic carbocycles. The summed E-state index contributed by atoms with van der Waals surface area (Å²) in [6.45, 7) is 16.0. The van der Waals surface area contributed by atoms with Gasteiger partial charge in [0, 0.05) is 52.4 Å². The number of hydrogen-bond acceptors (Lipinski definition) is 3. The minimum atomic E-state index is 0.000661. The topological polar surface area (TPSA) is 51.2 Å². The van der Waals surface area contributed by atoms with Crippen molar-refractivity contribution < 1.29 is 4.79 Å². The molecule has 0 bridgehead atoms. The Bertz CT molecular complexity index is 437. The summed E-state index contributed by atoms with van der Waals surface area (Å²) in [6, 6.07) is 0.000661. The van der Waals surface area contributed by atoms with Crippen molar-refractivity contribution in [1.82, 2.24) is 20.0 Å². The van der Waals surface area contributed by atoms with Crippen molar-refractivity contribution >= 4 is 11.9 Å². The average Bonchev–Trinajstić information content (AvgIpc) is 3.14. The van der Waals surface area contributed by atoms with Crippen LogP contribution in [0.3, 0.4) is 0 Å². The van der Waals surface area contributed by atoms with Gasteiger partial charge < -0.3 is 15.1 Å². The van der Waals surface area contributed by atoms with E-state index in [1.165, 1.54) is 0 Å². The molecule has 6 nitrogen and oxygen atoms in total. The fraction of sp³-hybridized carbons (Fsp3) is 0.895. The van der Waals surface area contributed by atoms with E-state index < -0.39 is 0 Å². The van der Waals surface area contributed by atoms with Gasteiger partial charge in [-0.2, -0.15) is 0 Å². The number of hydrogen-bond donors (Lipinski definition) is 1. The highest BCUT2D eigenvalue weighted by Crippen LogP contribution is 2.14. The van der Waals surface area contributed by atoms with Gasteiger partial charge in [-0.15, -0.1) is 0 Å². The lowest BCUT2D eigenvalue weighted by Crippen LogP contribution is -2.57. The highest BCUT2D eigenvalue weighted by molar-refractivity contribution is 5.82. The van der Waals surface area contributed by atoms with Crippen LogP contribution >= 0.6 is 0 Å². The number of rotatable bonds is 6. The van der Waals surface area contributed by atoms with Crippen LogP contribution in [0.5, 0.6) is 0 Å². The third-order valence-electron chi connectivity index (χ3n) is 5.24. The summed E-state index contributed by atoms with van der Waals surface area (Å²) in [5, 5.41) is 3.42. The Kier molecular flexibility index (Phi) is 8.00. The van der Waals surface area contributed by atoms with E-state index in [0.29, 0.717) is 11.8 Å². The molecule has 0 aromatic carbocycles. The minimum absolute atomic E-state index is 0.000661.